The van der Waals surface area contributed by atoms with Gasteiger partial charge in [0.1, 0.15) is 0 Å². The van der Waals surface area contributed by atoms with Gasteiger partial charge in [0.15, 0.2) is 16.3 Å². The number of carbonyl (C=O) groups excluding carboxylic acids is 1. The predicted octanol–water partition coefficient (Wildman–Crippen LogP) is 5.06. The van der Waals surface area contributed by atoms with Crippen LogP contribution >= 0.6 is 27.3 Å². The van der Waals surface area contributed by atoms with Crippen molar-refractivity contribution in [2.75, 3.05) is 19.8 Å². The Balaban J connectivity index is 1.89. The molecule has 3 aromatic rings. The predicted molar refractivity (Wildman–Crippen MR) is 153 cm³/mol. The molecule has 0 fully saturated rings. The van der Waals surface area contributed by atoms with Gasteiger partial charge in [0, 0.05) is 0 Å². The Morgan fingerprint density at radius 2 is 1.84 bits per heavy atom. The lowest BCUT2D eigenvalue weighted by molar-refractivity contribution is -0.139. The summed E-state index contributed by atoms with van der Waals surface area (Å²) < 4.78 is 19.9. The zero-order valence-electron chi connectivity index (χ0n) is 22.2. The zero-order chi connectivity index (χ0) is 27.4. The molecule has 38 heavy (non-hydrogen) atoms. The van der Waals surface area contributed by atoms with Gasteiger partial charge in [-0.15, -0.1) is 0 Å². The lowest BCUT2D eigenvalue weighted by atomic mass is 9.95. The molecule has 0 saturated heterocycles. The third-order valence-electron chi connectivity index (χ3n) is 5.99. The molecule has 0 N–H and O–H groups in total. The quantitative estimate of drug-likeness (QED) is 0.322. The SMILES string of the molecule is CCCOc1c(Br)cc(/C=c2/sc3n(c2=O)[C@H](c2ccc(C)cc2)C(C(=O)OCC)=C(C)N=3)cc1OCC. The number of aryl methyl sites for hydroxylation is 1. The number of hydrogen-bond acceptors (Lipinski definition) is 7. The summed E-state index contributed by atoms with van der Waals surface area (Å²) in [6, 6.07) is 11.0. The molecule has 200 valence electrons. The van der Waals surface area contributed by atoms with Crippen LogP contribution < -0.4 is 24.4 Å². The van der Waals surface area contributed by atoms with E-state index in [-0.39, 0.29) is 12.2 Å². The van der Waals surface area contributed by atoms with Crippen molar-refractivity contribution >= 4 is 39.3 Å². The van der Waals surface area contributed by atoms with Crippen LogP contribution in [0.25, 0.3) is 6.08 Å². The van der Waals surface area contributed by atoms with Crippen molar-refractivity contribution in [1.29, 1.82) is 0 Å². The van der Waals surface area contributed by atoms with E-state index in [1.54, 1.807) is 18.4 Å². The van der Waals surface area contributed by atoms with Crippen molar-refractivity contribution in [3.8, 4) is 11.5 Å². The van der Waals surface area contributed by atoms with Crippen molar-refractivity contribution in [2.24, 2.45) is 4.99 Å². The van der Waals surface area contributed by atoms with E-state index in [1.165, 1.54) is 11.3 Å². The first-order valence-corrected chi connectivity index (χ1v) is 14.2. The number of hydrogen-bond donors (Lipinski definition) is 0. The molecule has 4 rings (SSSR count). The fourth-order valence-electron chi connectivity index (χ4n) is 4.29. The molecule has 1 aliphatic rings. The summed E-state index contributed by atoms with van der Waals surface area (Å²) in [4.78, 5) is 32.1. The first-order valence-electron chi connectivity index (χ1n) is 12.6. The summed E-state index contributed by atoms with van der Waals surface area (Å²) in [6.07, 6.45) is 2.69. The second-order valence-corrected chi connectivity index (χ2v) is 10.7. The number of halogens is 1. The summed E-state index contributed by atoms with van der Waals surface area (Å²) in [5.74, 6) is 0.773. The van der Waals surface area contributed by atoms with E-state index in [0.717, 1.165) is 27.6 Å². The molecule has 0 spiro atoms. The Bertz CT molecular complexity index is 1550. The normalized spacial score (nSPS) is 15.2. The second kappa shape index (κ2) is 12.1. The number of rotatable bonds is 9. The largest absolute Gasteiger partial charge is 0.490 e. The minimum absolute atomic E-state index is 0.228. The molecular weight excluding hydrogens is 568 g/mol. The lowest BCUT2D eigenvalue weighted by Gasteiger charge is -2.24. The Morgan fingerprint density at radius 3 is 2.50 bits per heavy atom. The fraction of sp³-hybridized carbons (Fsp3) is 0.345. The van der Waals surface area contributed by atoms with Crippen LogP contribution in [0.5, 0.6) is 11.5 Å². The molecule has 1 aromatic heterocycles. The molecule has 0 saturated carbocycles. The minimum Gasteiger partial charge on any atom is -0.490 e. The maximum atomic E-state index is 13.8. The van der Waals surface area contributed by atoms with Crippen LogP contribution in [0.1, 0.15) is 56.8 Å². The van der Waals surface area contributed by atoms with Crippen LogP contribution in [0.2, 0.25) is 0 Å². The number of aromatic nitrogens is 1. The maximum Gasteiger partial charge on any atom is 0.338 e. The van der Waals surface area contributed by atoms with Gasteiger partial charge in [-0.1, -0.05) is 48.1 Å². The van der Waals surface area contributed by atoms with Crippen LogP contribution in [-0.4, -0.2) is 30.4 Å². The molecule has 0 aliphatic carbocycles. The lowest BCUT2D eigenvalue weighted by Crippen LogP contribution is -2.39. The average molecular weight is 600 g/mol. The molecule has 0 amide bonds. The van der Waals surface area contributed by atoms with Crippen LogP contribution in [0.4, 0.5) is 0 Å². The van der Waals surface area contributed by atoms with Crippen molar-refractivity contribution < 1.29 is 19.0 Å². The van der Waals surface area contributed by atoms with Gasteiger partial charge in [-0.05, 0) is 79.4 Å². The molecule has 1 atom stereocenters. The monoisotopic (exact) mass is 598 g/mol. The van der Waals surface area contributed by atoms with Gasteiger partial charge in [-0.25, -0.2) is 9.79 Å². The average Bonchev–Trinajstić information content (AvgIpc) is 3.17. The van der Waals surface area contributed by atoms with Crippen LogP contribution in [-0.2, 0) is 9.53 Å². The molecule has 2 aromatic carbocycles. The Hall–Kier alpha value is -3.17. The highest BCUT2D eigenvalue weighted by Gasteiger charge is 2.33. The van der Waals surface area contributed by atoms with Crippen LogP contribution in [0, 0.1) is 6.92 Å². The summed E-state index contributed by atoms with van der Waals surface area (Å²) >= 11 is 4.88. The molecule has 2 heterocycles. The van der Waals surface area contributed by atoms with Gasteiger partial charge >= 0.3 is 5.97 Å². The summed E-state index contributed by atoms with van der Waals surface area (Å²) in [5.41, 5.74) is 3.37. The van der Waals surface area contributed by atoms with Crippen LogP contribution in [0.3, 0.4) is 0 Å². The number of esters is 1. The van der Waals surface area contributed by atoms with E-state index >= 15 is 0 Å². The number of benzene rings is 2. The van der Waals surface area contributed by atoms with Gasteiger partial charge in [-0.3, -0.25) is 9.36 Å². The summed E-state index contributed by atoms with van der Waals surface area (Å²) in [5, 5.41) is 0. The zero-order valence-corrected chi connectivity index (χ0v) is 24.6. The van der Waals surface area contributed by atoms with Gasteiger partial charge in [-0.2, -0.15) is 0 Å². The van der Waals surface area contributed by atoms with Gasteiger partial charge in [0.2, 0.25) is 0 Å². The summed E-state index contributed by atoms with van der Waals surface area (Å²) in [6.45, 7) is 10.8. The van der Waals surface area contributed by atoms with Gasteiger partial charge < -0.3 is 14.2 Å². The van der Waals surface area contributed by atoms with E-state index in [1.807, 2.05) is 63.2 Å². The highest BCUT2D eigenvalue weighted by molar-refractivity contribution is 9.10. The van der Waals surface area contributed by atoms with E-state index in [9.17, 15) is 9.59 Å². The highest BCUT2D eigenvalue weighted by Crippen LogP contribution is 2.37. The first-order chi connectivity index (χ1) is 18.3. The van der Waals surface area contributed by atoms with Crippen molar-refractivity contribution in [1.82, 2.24) is 4.57 Å². The van der Waals surface area contributed by atoms with E-state index < -0.39 is 12.0 Å². The maximum absolute atomic E-state index is 13.8. The van der Waals surface area contributed by atoms with Crippen molar-refractivity contribution in [3.63, 3.8) is 0 Å². The van der Waals surface area contributed by atoms with Gasteiger partial charge in [0.25, 0.3) is 5.56 Å². The summed E-state index contributed by atoms with van der Waals surface area (Å²) in [7, 11) is 0. The Morgan fingerprint density at radius 1 is 1.11 bits per heavy atom. The number of thiazole rings is 1. The molecule has 7 nitrogen and oxygen atoms in total. The first kappa shape index (κ1) is 27.9. The second-order valence-electron chi connectivity index (χ2n) is 8.82. The van der Waals surface area contributed by atoms with Crippen LogP contribution in [0.15, 0.2) is 61.9 Å². The standard InChI is InChI=1S/C29H31BrN2O5S/c1-6-13-37-26-21(30)14-19(15-22(26)35-7-2)16-23-27(33)32-25(20-11-9-17(4)10-12-20)24(28(34)36-8-3)18(5)31-29(32)38-23/h9-12,14-16,25H,6-8,13H2,1-5H3/b23-16+/t25-/m1/s1. The molecule has 0 radical (unpaired) electrons. The molecule has 0 bridgehead atoms. The Kier molecular flexibility index (Phi) is 8.89. The molecule has 9 heteroatoms. The molecular formula is C29H31BrN2O5S. The number of carbonyl (C=O) groups is 1. The van der Waals surface area contributed by atoms with Crippen molar-refractivity contribution in [3.05, 3.63) is 88.5 Å². The van der Waals surface area contributed by atoms with E-state index in [4.69, 9.17) is 14.2 Å². The fourth-order valence-corrected chi connectivity index (χ4v) is 5.91. The minimum atomic E-state index is -0.636. The molecule has 1 aliphatic heterocycles. The third kappa shape index (κ3) is 5.63. The highest BCUT2D eigenvalue weighted by atomic mass is 79.9. The number of allylic oxidation sites excluding steroid dienone is 1. The number of nitrogens with zero attached hydrogens (tertiary/aromatic N) is 2. The number of ether oxygens (including phenoxy) is 3. The smallest absolute Gasteiger partial charge is 0.338 e. The topological polar surface area (TPSA) is 79.1 Å². The third-order valence-corrected chi connectivity index (χ3v) is 7.56. The Labute approximate surface area is 234 Å². The molecule has 0 unspecified atom stereocenters. The van der Waals surface area contributed by atoms with Gasteiger partial charge in [0.05, 0.1) is 46.1 Å². The number of fused-ring (bicyclic) bond motifs is 1. The van der Waals surface area contributed by atoms with E-state index in [2.05, 4.69) is 20.9 Å². The van der Waals surface area contributed by atoms with E-state index in [0.29, 0.717) is 45.3 Å². The van der Waals surface area contributed by atoms with Crippen molar-refractivity contribution in [2.45, 2.75) is 47.1 Å².